The fourth-order valence-electron chi connectivity index (χ4n) is 3.98. The van der Waals surface area contributed by atoms with Crippen molar-refractivity contribution in [2.45, 2.75) is 70.1 Å². The lowest BCUT2D eigenvalue weighted by Gasteiger charge is -2.26. The molecule has 14 heteroatoms. The third-order valence-corrected chi connectivity index (χ3v) is 6.60. The topological polar surface area (TPSA) is 247 Å². The van der Waals surface area contributed by atoms with Gasteiger partial charge in [-0.3, -0.25) is 24.0 Å². The molecule has 0 saturated carbocycles. The van der Waals surface area contributed by atoms with Crippen molar-refractivity contribution in [2.75, 3.05) is 0 Å². The Hall–Kier alpha value is -4.46. The van der Waals surface area contributed by atoms with E-state index in [-0.39, 0.29) is 25.2 Å². The van der Waals surface area contributed by atoms with Crippen LogP contribution in [0.25, 0.3) is 10.9 Å². The van der Waals surface area contributed by atoms with Crippen LogP contribution < -0.4 is 27.4 Å². The van der Waals surface area contributed by atoms with Crippen molar-refractivity contribution >= 4 is 46.5 Å². The van der Waals surface area contributed by atoms with Crippen LogP contribution >= 0.6 is 0 Å². The monoisotopic (exact) mass is 560 g/mol. The van der Waals surface area contributed by atoms with E-state index in [0.29, 0.717) is 12.0 Å². The molecule has 2 rings (SSSR count). The summed E-state index contributed by atoms with van der Waals surface area (Å²) in [5, 5.41) is 26.2. The number of fused-ring (bicyclic) bond motifs is 1. The van der Waals surface area contributed by atoms with Crippen LogP contribution in [-0.4, -0.2) is 74.9 Å². The first-order valence-corrected chi connectivity index (χ1v) is 12.8. The molecule has 0 fully saturated rings. The van der Waals surface area contributed by atoms with Crippen molar-refractivity contribution in [1.82, 2.24) is 20.9 Å². The number of nitrogens with one attached hydrogen (secondary N) is 4. The highest BCUT2D eigenvalue weighted by Gasteiger charge is 2.32. The molecular weight excluding hydrogens is 524 g/mol. The number of aromatic amines is 1. The first-order chi connectivity index (χ1) is 18.8. The summed E-state index contributed by atoms with van der Waals surface area (Å²) in [5.41, 5.74) is 12.8. The minimum absolute atomic E-state index is 0.00966. The highest BCUT2D eigenvalue weighted by Crippen LogP contribution is 2.19. The van der Waals surface area contributed by atoms with Crippen LogP contribution in [-0.2, 0) is 35.2 Å². The second kappa shape index (κ2) is 14.6. The summed E-state index contributed by atoms with van der Waals surface area (Å²) >= 11 is 0. The average molecular weight is 561 g/mol. The number of amides is 4. The number of nitrogens with two attached hydrogens (primary N) is 2. The maximum atomic E-state index is 13.5. The van der Waals surface area contributed by atoms with Gasteiger partial charge in [0.15, 0.2) is 0 Å². The lowest BCUT2D eigenvalue weighted by Crippen LogP contribution is -2.58. The number of carbonyl (C=O) groups is 6. The number of benzene rings is 1. The van der Waals surface area contributed by atoms with E-state index in [1.807, 2.05) is 31.2 Å². The summed E-state index contributed by atoms with van der Waals surface area (Å²) < 4.78 is 0. The maximum absolute atomic E-state index is 13.5. The van der Waals surface area contributed by atoms with Crippen molar-refractivity contribution in [1.29, 1.82) is 0 Å². The van der Waals surface area contributed by atoms with Gasteiger partial charge in [-0.2, -0.15) is 0 Å². The number of aromatic nitrogens is 1. The van der Waals surface area contributed by atoms with Gasteiger partial charge in [-0.1, -0.05) is 38.5 Å². The van der Waals surface area contributed by atoms with Crippen LogP contribution in [0, 0.1) is 5.92 Å². The van der Waals surface area contributed by atoms with Crippen LogP contribution in [0.4, 0.5) is 0 Å². The average Bonchev–Trinajstić information content (AvgIpc) is 3.31. The molecule has 5 unspecified atom stereocenters. The van der Waals surface area contributed by atoms with E-state index >= 15 is 0 Å². The molecule has 218 valence electrons. The predicted molar refractivity (Wildman–Crippen MR) is 144 cm³/mol. The van der Waals surface area contributed by atoms with E-state index in [1.54, 1.807) is 13.1 Å². The zero-order valence-electron chi connectivity index (χ0n) is 22.3. The molecule has 40 heavy (non-hydrogen) atoms. The fourth-order valence-corrected chi connectivity index (χ4v) is 3.98. The molecule has 0 bridgehead atoms. The van der Waals surface area contributed by atoms with Crippen molar-refractivity contribution in [3.05, 3.63) is 36.0 Å². The van der Waals surface area contributed by atoms with Crippen molar-refractivity contribution < 1.29 is 39.0 Å². The summed E-state index contributed by atoms with van der Waals surface area (Å²) in [7, 11) is 0. The highest BCUT2D eigenvalue weighted by atomic mass is 16.4. The van der Waals surface area contributed by atoms with E-state index in [9.17, 15) is 33.9 Å². The van der Waals surface area contributed by atoms with E-state index in [2.05, 4.69) is 20.9 Å². The molecule has 0 saturated heterocycles. The van der Waals surface area contributed by atoms with Crippen molar-refractivity contribution in [3.8, 4) is 0 Å². The Morgan fingerprint density at radius 2 is 1.52 bits per heavy atom. The smallest absolute Gasteiger partial charge is 0.326 e. The second-order valence-corrected chi connectivity index (χ2v) is 9.60. The maximum Gasteiger partial charge on any atom is 0.326 e. The Balaban J connectivity index is 2.34. The van der Waals surface area contributed by atoms with Gasteiger partial charge in [0, 0.05) is 29.9 Å². The number of carboxylic acid groups (broad SMARTS) is 2. The lowest BCUT2D eigenvalue weighted by molar-refractivity contribution is -0.147. The molecule has 1 aromatic heterocycles. The van der Waals surface area contributed by atoms with Crippen LogP contribution in [0.3, 0.4) is 0 Å². The number of H-pyrrole nitrogens is 1. The third-order valence-electron chi connectivity index (χ3n) is 6.60. The number of carboxylic acids is 2. The van der Waals surface area contributed by atoms with Gasteiger partial charge in [0.05, 0.1) is 12.5 Å². The Labute approximate surface area is 230 Å². The number of hydrogen-bond acceptors (Lipinski definition) is 7. The minimum Gasteiger partial charge on any atom is -0.481 e. The first kappa shape index (κ1) is 31.8. The van der Waals surface area contributed by atoms with E-state index in [1.165, 1.54) is 0 Å². The van der Waals surface area contributed by atoms with Crippen molar-refractivity contribution in [2.24, 2.45) is 17.4 Å². The zero-order valence-corrected chi connectivity index (χ0v) is 22.3. The molecule has 0 aliphatic carbocycles. The lowest BCUT2D eigenvalue weighted by atomic mass is 9.98. The summed E-state index contributed by atoms with van der Waals surface area (Å²) in [6.07, 6.45) is 0.760. The Kier molecular flexibility index (Phi) is 11.6. The molecule has 1 heterocycles. The van der Waals surface area contributed by atoms with Crippen LogP contribution in [0.2, 0.25) is 0 Å². The van der Waals surface area contributed by atoms with E-state index < -0.39 is 66.2 Å². The molecule has 2 aromatic rings. The Morgan fingerprint density at radius 3 is 2.12 bits per heavy atom. The van der Waals surface area contributed by atoms with Gasteiger partial charge >= 0.3 is 11.9 Å². The standard InChI is InChI=1S/C26H36N6O8/c1-3-13(2)22(28)25(38)31-18(10-14-12-29-16-7-5-4-6-15(14)16)24(37)30-17(8-9-20(27)33)23(36)32-19(26(39)40)11-21(34)35/h4-7,12-13,17-19,22,29H,3,8-11,28H2,1-2H3,(H2,27,33)(H,30,37)(H,31,38)(H,32,36)(H,34,35)(H,39,40). The third kappa shape index (κ3) is 9.08. The molecule has 14 nitrogen and oxygen atoms in total. The molecule has 5 atom stereocenters. The number of carbonyl (C=O) groups excluding carboxylic acids is 4. The summed E-state index contributed by atoms with van der Waals surface area (Å²) in [5.74, 6) is -6.45. The predicted octanol–water partition coefficient (Wildman–Crippen LogP) is -0.637. The summed E-state index contributed by atoms with van der Waals surface area (Å²) in [6.45, 7) is 3.66. The molecule has 4 amide bonds. The quantitative estimate of drug-likeness (QED) is 0.130. The fraction of sp³-hybridized carbons (Fsp3) is 0.462. The van der Waals surface area contributed by atoms with E-state index in [4.69, 9.17) is 16.6 Å². The Bertz CT molecular complexity index is 1240. The zero-order chi connectivity index (χ0) is 30.0. The largest absolute Gasteiger partial charge is 0.481 e. The van der Waals surface area contributed by atoms with Gasteiger partial charge in [0.1, 0.15) is 18.1 Å². The number of aliphatic carboxylic acids is 2. The van der Waals surface area contributed by atoms with Gasteiger partial charge in [-0.05, 0) is 24.0 Å². The number of hydrogen-bond donors (Lipinski definition) is 8. The number of para-hydroxylation sites is 1. The van der Waals surface area contributed by atoms with Crippen LogP contribution in [0.1, 0.15) is 45.1 Å². The van der Waals surface area contributed by atoms with Crippen molar-refractivity contribution in [3.63, 3.8) is 0 Å². The van der Waals surface area contributed by atoms with Gasteiger partial charge in [-0.25, -0.2) is 4.79 Å². The van der Waals surface area contributed by atoms with Gasteiger partial charge < -0.3 is 42.6 Å². The number of primary amides is 1. The molecular formula is C26H36N6O8. The molecule has 0 radical (unpaired) electrons. The first-order valence-electron chi connectivity index (χ1n) is 12.8. The summed E-state index contributed by atoms with van der Waals surface area (Å²) in [6, 6.07) is 1.95. The summed E-state index contributed by atoms with van der Waals surface area (Å²) in [4.78, 5) is 76.3. The van der Waals surface area contributed by atoms with Gasteiger partial charge in [0.25, 0.3) is 0 Å². The Morgan fingerprint density at radius 1 is 0.925 bits per heavy atom. The second-order valence-electron chi connectivity index (χ2n) is 9.60. The molecule has 0 aliphatic heterocycles. The minimum atomic E-state index is -1.78. The molecule has 0 spiro atoms. The molecule has 10 N–H and O–H groups in total. The highest BCUT2D eigenvalue weighted by molar-refractivity contribution is 5.95. The normalized spacial score (nSPS) is 14.8. The SMILES string of the molecule is CCC(C)C(N)C(=O)NC(Cc1c[nH]c2ccccc12)C(=O)NC(CCC(N)=O)C(=O)NC(CC(=O)O)C(=O)O. The number of rotatable bonds is 16. The van der Waals surface area contributed by atoms with Gasteiger partial charge in [0.2, 0.25) is 23.6 Å². The van der Waals surface area contributed by atoms with Gasteiger partial charge in [-0.15, -0.1) is 0 Å². The van der Waals surface area contributed by atoms with E-state index in [0.717, 1.165) is 10.9 Å². The molecule has 0 aliphatic rings. The van der Waals surface area contributed by atoms with Crippen LogP contribution in [0.5, 0.6) is 0 Å². The molecule has 1 aromatic carbocycles. The van der Waals surface area contributed by atoms with Crippen LogP contribution in [0.15, 0.2) is 30.5 Å².